The summed E-state index contributed by atoms with van der Waals surface area (Å²) >= 11 is 6.26. The molecule has 1 nitrogen and oxygen atoms in total. The van der Waals surface area contributed by atoms with Crippen LogP contribution in [0, 0.1) is 11.8 Å². The first-order valence-corrected chi connectivity index (χ1v) is 8.93. The molecule has 3 atom stereocenters. The van der Waals surface area contributed by atoms with E-state index < -0.39 is 0 Å². The van der Waals surface area contributed by atoms with Crippen molar-refractivity contribution < 1.29 is 0 Å². The Morgan fingerprint density at radius 1 is 1.10 bits per heavy atom. The molecule has 2 rings (SSSR count). The summed E-state index contributed by atoms with van der Waals surface area (Å²) in [6.45, 7) is 7.03. The van der Waals surface area contributed by atoms with Gasteiger partial charge >= 0.3 is 0 Å². The van der Waals surface area contributed by atoms with E-state index in [9.17, 15) is 0 Å². The lowest BCUT2D eigenvalue weighted by Crippen LogP contribution is -2.37. The predicted octanol–water partition coefficient (Wildman–Crippen LogP) is 5.47. The van der Waals surface area contributed by atoms with Crippen molar-refractivity contribution in [2.45, 2.75) is 71.4 Å². The summed E-state index contributed by atoms with van der Waals surface area (Å²) < 4.78 is 0. The average molecular weight is 308 g/mol. The number of rotatable bonds is 5. The van der Waals surface area contributed by atoms with E-state index in [0.29, 0.717) is 12.1 Å². The Bertz CT molecular complexity index is 429. The zero-order chi connectivity index (χ0) is 15.2. The molecule has 118 valence electrons. The van der Waals surface area contributed by atoms with Gasteiger partial charge in [-0.25, -0.2) is 0 Å². The molecular weight excluding hydrogens is 278 g/mol. The fraction of sp³-hybridized carbons (Fsp3) is 0.684. The molecule has 1 N–H and O–H groups in total. The van der Waals surface area contributed by atoms with E-state index in [2.05, 4.69) is 38.2 Å². The van der Waals surface area contributed by atoms with Crippen LogP contribution in [0.3, 0.4) is 0 Å². The van der Waals surface area contributed by atoms with Crippen molar-refractivity contribution in [1.29, 1.82) is 0 Å². The SMILES string of the molecule is CC(Cc1ccccc1Cl)NC1CCCC(C(C)C)CC1. The summed E-state index contributed by atoms with van der Waals surface area (Å²) in [6, 6.07) is 9.38. The second-order valence-electron chi connectivity index (χ2n) is 7.07. The maximum Gasteiger partial charge on any atom is 0.0438 e. The van der Waals surface area contributed by atoms with E-state index in [4.69, 9.17) is 11.6 Å². The monoisotopic (exact) mass is 307 g/mol. The van der Waals surface area contributed by atoms with Gasteiger partial charge in [-0.2, -0.15) is 0 Å². The molecule has 0 amide bonds. The highest BCUT2D eigenvalue weighted by molar-refractivity contribution is 6.31. The number of hydrogen-bond donors (Lipinski definition) is 1. The first-order valence-electron chi connectivity index (χ1n) is 8.55. The van der Waals surface area contributed by atoms with Crippen molar-refractivity contribution in [1.82, 2.24) is 5.32 Å². The van der Waals surface area contributed by atoms with Gasteiger partial charge in [-0.15, -0.1) is 0 Å². The predicted molar refractivity (Wildman–Crippen MR) is 93.0 cm³/mol. The van der Waals surface area contributed by atoms with Gasteiger partial charge in [0.15, 0.2) is 0 Å². The molecule has 1 fully saturated rings. The van der Waals surface area contributed by atoms with E-state index in [-0.39, 0.29) is 0 Å². The van der Waals surface area contributed by atoms with Crippen LogP contribution in [0.25, 0.3) is 0 Å². The third kappa shape index (κ3) is 5.30. The molecule has 21 heavy (non-hydrogen) atoms. The molecule has 1 aliphatic rings. The molecule has 1 aliphatic carbocycles. The molecule has 1 aromatic carbocycles. The van der Waals surface area contributed by atoms with Gasteiger partial charge in [0.25, 0.3) is 0 Å². The third-order valence-electron chi connectivity index (χ3n) is 4.96. The van der Waals surface area contributed by atoms with Crippen LogP contribution in [0.1, 0.15) is 58.4 Å². The van der Waals surface area contributed by atoms with Gasteiger partial charge in [-0.3, -0.25) is 0 Å². The van der Waals surface area contributed by atoms with E-state index in [0.717, 1.165) is 23.3 Å². The minimum atomic E-state index is 0.491. The van der Waals surface area contributed by atoms with Gasteiger partial charge in [0, 0.05) is 17.1 Å². The fourth-order valence-electron chi connectivity index (χ4n) is 3.62. The van der Waals surface area contributed by atoms with Gasteiger partial charge in [0.1, 0.15) is 0 Å². The molecule has 0 bridgehead atoms. The molecule has 2 heteroatoms. The molecule has 0 aliphatic heterocycles. The van der Waals surface area contributed by atoms with Crippen molar-refractivity contribution in [3.63, 3.8) is 0 Å². The smallest absolute Gasteiger partial charge is 0.0438 e. The van der Waals surface area contributed by atoms with Gasteiger partial charge in [0.2, 0.25) is 0 Å². The number of nitrogens with one attached hydrogen (secondary N) is 1. The van der Waals surface area contributed by atoms with E-state index in [1.807, 2.05) is 12.1 Å². The molecule has 0 aromatic heterocycles. The van der Waals surface area contributed by atoms with Crippen LogP contribution >= 0.6 is 11.6 Å². The molecule has 0 spiro atoms. The van der Waals surface area contributed by atoms with E-state index >= 15 is 0 Å². The second-order valence-corrected chi connectivity index (χ2v) is 7.48. The lowest BCUT2D eigenvalue weighted by Gasteiger charge is -2.23. The largest absolute Gasteiger partial charge is 0.311 e. The molecule has 3 unspecified atom stereocenters. The summed E-state index contributed by atoms with van der Waals surface area (Å²) in [5.74, 6) is 1.76. The minimum absolute atomic E-state index is 0.491. The highest BCUT2D eigenvalue weighted by atomic mass is 35.5. The Hall–Kier alpha value is -0.530. The summed E-state index contributed by atoms with van der Waals surface area (Å²) in [6.07, 6.45) is 7.85. The Labute approximate surface area is 135 Å². The lowest BCUT2D eigenvalue weighted by molar-refractivity contribution is 0.334. The normalized spacial score (nSPS) is 24.8. The third-order valence-corrected chi connectivity index (χ3v) is 5.33. The Morgan fingerprint density at radius 2 is 1.86 bits per heavy atom. The number of hydrogen-bond acceptors (Lipinski definition) is 1. The molecule has 0 heterocycles. The van der Waals surface area contributed by atoms with Gasteiger partial charge in [-0.1, -0.05) is 56.5 Å². The summed E-state index contributed by atoms with van der Waals surface area (Å²) in [5, 5.41) is 4.73. The Kier molecular flexibility index (Phi) is 6.57. The maximum atomic E-state index is 6.26. The van der Waals surface area contributed by atoms with Crippen LogP contribution in [-0.4, -0.2) is 12.1 Å². The van der Waals surface area contributed by atoms with Crippen molar-refractivity contribution >= 4 is 11.6 Å². The Morgan fingerprint density at radius 3 is 2.57 bits per heavy atom. The molecule has 0 saturated heterocycles. The van der Waals surface area contributed by atoms with Crippen LogP contribution in [-0.2, 0) is 6.42 Å². The molecule has 1 saturated carbocycles. The van der Waals surface area contributed by atoms with Crippen LogP contribution in [0.5, 0.6) is 0 Å². The van der Waals surface area contributed by atoms with Crippen LogP contribution < -0.4 is 5.32 Å². The Balaban J connectivity index is 1.82. The summed E-state index contributed by atoms with van der Waals surface area (Å²) in [5.41, 5.74) is 1.26. The second kappa shape index (κ2) is 8.19. The lowest BCUT2D eigenvalue weighted by atomic mass is 9.89. The topological polar surface area (TPSA) is 12.0 Å². The quantitative estimate of drug-likeness (QED) is 0.712. The minimum Gasteiger partial charge on any atom is -0.311 e. The average Bonchev–Trinajstić information content (AvgIpc) is 2.67. The first kappa shape index (κ1) is 16.8. The summed E-state index contributed by atoms with van der Waals surface area (Å²) in [4.78, 5) is 0. The fourth-order valence-corrected chi connectivity index (χ4v) is 3.83. The van der Waals surface area contributed by atoms with Crippen LogP contribution in [0.4, 0.5) is 0 Å². The maximum absolute atomic E-state index is 6.26. The van der Waals surface area contributed by atoms with E-state index in [1.165, 1.54) is 37.7 Å². The highest BCUT2D eigenvalue weighted by Crippen LogP contribution is 2.29. The number of halogens is 1. The van der Waals surface area contributed by atoms with Crippen LogP contribution in [0.15, 0.2) is 24.3 Å². The van der Waals surface area contributed by atoms with Gasteiger partial charge in [-0.05, 0) is 56.1 Å². The zero-order valence-electron chi connectivity index (χ0n) is 13.7. The van der Waals surface area contributed by atoms with Crippen LogP contribution in [0.2, 0.25) is 5.02 Å². The van der Waals surface area contributed by atoms with Crippen molar-refractivity contribution in [3.05, 3.63) is 34.9 Å². The first-order chi connectivity index (χ1) is 10.1. The highest BCUT2D eigenvalue weighted by Gasteiger charge is 2.21. The van der Waals surface area contributed by atoms with Crippen molar-refractivity contribution in [2.24, 2.45) is 11.8 Å². The van der Waals surface area contributed by atoms with Gasteiger partial charge < -0.3 is 5.32 Å². The van der Waals surface area contributed by atoms with Crippen molar-refractivity contribution in [2.75, 3.05) is 0 Å². The van der Waals surface area contributed by atoms with E-state index in [1.54, 1.807) is 0 Å². The van der Waals surface area contributed by atoms with Gasteiger partial charge in [0.05, 0.1) is 0 Å². The molecule has 1 aromatic rings. The molecule has 0 radical (unpaired) electrons. The number of benzene rings is 1. The summed E-state index contributed by atoms with van der Waals surface area (Å²) in [7, 11) is 0. The van der Waals surface area contributed by atoms with Crippen molar-refractivity contribution in [3.8, 4) is 0 Å². The standard InChI is InChI=1S/C19H30ClN/c1-14(2)16-8-6-9-18(12-11-16)21-15(3)13-17-7-4-5-10-19(17)20/h4-5,7,10,14-16,18,21H,6,8-9,11-13H2,1-3H3. The molecular formula is C19H30ClN. The zero-order valence-corrected chi connectivity index (χ0v) is 14.5.